The number of amides is 2. The summed E-state index contributed by atoms with van der Waals surface area (Å²) in [6, 6.07) is 2.23. The molecule has 0 atom stereocenters. The predicted octanol–water partition coefficient (Wildman–Crippen LogP) is -0.330. The second kappa shape index (κ2) is 4.44. The zero-order valence-corrected chi connectivity index (χ0v) is 11.3. The summed E-state index contributed by atoms with van der Waals surface area (Å²) < 4.78 is 0. The average molecular weight is 315 g/mol. The molecule has 9 nitrogen and oxygen atoms in total. The summed E-state index contributed by atoms with van der Waals surface area (Å²) in [6.07, 6.45) is 0. The number of H-pyrrole nitrogens is 1. The van der Waals surface area contributed by atoms with Gasteiger partial charge < -0.3 is 21.7 Å². The minimum atomic E-state index is -1.08. The number of fused-ring (bicyclic) bond motifs is 3. The number of carbonyl (C=O) groups is 4. The van der Waals surface area contributed by atoms with E-state index in [1.54, 1.807) is 0 Å². The number of nitrogens with one attached hydrogen (secondary N) is 1. The number of Topliss-reactive ketones (excluding diaryl/α,β-unsaturated/α-hetero) is 2. The third-order valence-corrected chi connectivity index (χ3v) is 3.61. The molecule has 0 saturated heterocycles. The quantitative estimate of drug-likeness (QED) is 0.474. The predicted molar refractivity (Wildman–Crippen MR) is 75.3 cm³/mol. The molecular weight excluding hydrogens is 306 g/mol. The lowest BCUT2D eigenvalue weighted by Crippen LogP contribution is -2.27. The van der Waals surface area contributed by atoms with Crippen LogP contribution in [0.1, 0.15) is 41.4 Å². The Labute approximate surface area is 127 Å². The van der Waals surface area contributed by atoms with Crippen molar-refractivity contribution in [3.05, 3.63) is 34.4 Å². The van der Waals surface area contributed by atoms with Gasteiger partial charge in [-0.25, -0.2) is 0 Å². The minimum Gasteiger partial charge on any atom is -0.494 e. The summed E-state index contributed by atoms with van der Waals surface area (Å²) in [6.45, 7) is 0. The molecule has 1 aliphatic carbocycles. The minimum absolute atomic E-state index is 0.220. The van der Waals surface area contributed by atoms with E-state index in [1.165, 1.54) is 0 Å². The van der Waals surface area contributed by atoms with Crippen LogP contribution in [0.5, 0.6) is 11.8 Å². The fourth-order valence-corrected chi connectivity index (χ4v) is 2.69. The zero-order valence-electron chi connectivity index (χ0n) is 11.3. The molecule has 116 valence electrons. The second-order valence-electron chi connectivity index (χ2n) is 4.87. The van der Waals surface area contributed by atoms with Gasteiger partial charge in [0.25, 0.3) is 0 Å². The molecule has 2 amide bonds. The van der Waals surface area contributed by atoms with Gasteiger partial charge in [-0.15, -0.1) is 0 Å². The van der Waals surface area contributed by atoms with Gasteiger partial charge in [0.1, 0.15) is 0 Å². The molecule has 3 rings (SSSR count). The summed E-state index contributed by atoms with van der Waals surface area (Å²) >= 11 is 0. The SMILES string of the molecule is NC(=O)c1ccc2c(c1C(N)=O)-c1c(O)[nH]c(O)c1C(=O)C2=O. The highest BCUT2D eigenvalue weighted by molar-refractivity contribution is 6.54. The van der Waals surface area contributed by atoms with Gasteiger partial charge in [-0.1, -0.05) is 0 Å². The summed E-state index contributed by atoms with van der Waals surface area (Å²) in [5.41, 5.74) is 8.56. The van der Waals surface area contributed by atoms with Crippen LogP contribution in [-0.2, 0) is 0 Å². The van der Waals surface area contributed by atoms with E-state index in [9.17, 15) is 29.4 Å². The van der Waals surface area contributed by atoms with Crippen LogP contribution in [0, 0.1) is 0 Å². The molecule has 0 fully saturated rings. The van der Waals surface area contributed by atoms with Crippen molar-refractivity contribution < 1.29 is 29.4 Å². The topological polar surface area (TPSA) is 177 Å². The molecule has 1 heterocycles. The molecular formula is C14H9N3O6. The first-order valence-corrected chi connectivity index (χ1v) is 6.25. The second-order valence-corrected chi connectivity index (χ2v) is 4.87. The van der Waals surface area contributed by atoms with Crippen LogP contribution in [0.25, 0.3) is 11.1 Å². The lowest BCUT2D eigenvalue weighted by atomic mass is 9.81. The zero-order chi connectivity index (χ0) is 17.0. The van der Waals surface area contributed by atoms with Gasteiger partial charge >= 0.3 is 0 Å². The highest BCUT2D eigenvalue weighted by Crippen LogP contribution is 2.45. The highest BCUT2D eigenvalue weighted by atomic mass is 16.3. The maximum absolute atomic E-state index is 12.2. The molecule has 9 heteroatoms. The largest absolute Gasteiger partial charge is 0.494 e. The van der Waals surface area contributed by atoms with Crippen molar-refractivity contribution in [1.29, 1.82) is 0 Å². The van der Waals surface area contributed by atoms with Gasteiger partial charge in [-0.2, -0.15) is 0 Å². The normalized spacial score (nSPS) is 12.7. The summed E-state index contributed by atoms with van der Waals surface area (Å²) in [5.74, 6) is -5.52. The summed E-state index contributed by atoms with van der Waals surface area (Å²) in [7, 11) is 0. The van der Waals surface area contributed by atoms with Crippen LogP contribution in [0.3, 0.4) is 0 Å². The lowest BCUT2D eigenvalue weighted by Gasteiger charge is -2.19. The maximum atomic E-state index is 12.2. The molecule has 7 N–H and O–H groups in total. The van der Waals surface area contributed by atoms with Crippen molar-refractivity contribution in [3.63, 3.8) is 0 Å². The van der Waals surface area contributed by atoms with Crippen LogP contribution in [-0.4, -0.2) is 38.6 Å². The fraction of sp³-hybridized carbons (Fsp3) is 0. The number of rotatable bonds is 2. The molecule has 0 spiro atoms. The first kappa shape index (κ1) is 14.3. The molecule has 0 radical (unpaired) electrons. The number of benzene rings is 1. The Morgan fingerprint density at radius 1 is 0.870 bits per heavy atom. The fourth-order valence-electron chi connectivity index (χ4n) is 2.69. The number of ketones is 2. The standard InChI is InChI=1S/C14H9N3O6/c15-11(20)4-2-1-3-5(6(4)12(16)21)7-8(10(19)9(3)18)14(23)17-13(7)22/h1-2,17,22-23H,(H2,15,20)(H2,16,21). The van der Waals surface area contributed by atoms with E-state index >= 15 is 0 Å². The van der Waals surface area contributed by atoms with E-state index in [1.807, 2.05) is 0 Å². The average Bonchev–Trinajstić information content (AvgIpc) is 2.77. The molecule has 1 aliphatic rings. The number of hydrogen-bond acceptors (Lipinski definition) is 6. The Morgan fingerprint density at radius 3 is 2.04 bits per heavy atom. The highest BCUT2D eigenvalue weighted by Gasteiger charge is 2.39. The monoisotopic (exact) mass is 315 g/mol. The van der Waals surface area contributed by atoms with Crippen molar-refractivity contribution >= 4 is 23.4 Å². The van der Waals surface area contributed by atoms with Crippen molar-refractivity contribution in [2.75, 3.05) is 0 Å². The Morgan fingerprint density at radius 2 is 1.48 bits per heavy atom. The molecule has 0 unspecified atom stereocenters. The van der Waals surface area contributed by atoms with Gasteiger partial charge in [0.05, 0.1) is 22.3 Å². The lowest BCUT2D eigenvalue weighted by molar-refractivity contribution is 0.0813. The summed E-state index contributed by atoms with van der Waals surface area (Å²) in [5, 5.41) is 19.6. The molecule has 0 saturated carbocycles. The summed E-state index contributed by atoms with van der Waals surface area (Å²) in [4.78, 5) is 49.6. The molecule has 2 aromatic rings. The van der Waals surface area contributed by atoms with Crippen LogP contribution >= 0.6 is 0 Å². The van der Waals surface area contributed by atoms with E-state index in [0.717, 1.165) is 12.1 Å². The van der Waals surface area contributed by atoms with Gasteiger partial charge in [0.2, 0.25) is 29.3 Å². The van der Waals surface area contributed by atoms with Gasteiger partial charge in [0, 0.05) is 11.1 Å². The molecule has 0 aliphatic heterocycles. The van der Waals surface area contributed by atoms with Gasteiger partial charge in [0.15, 0.2) is 5.88 Å². The Bertz CT molecular complexity index is 940. The van der Waals surface area contributed by atoms with Crippen LogP contribution in [0.15, 0.2) is 12.1 Å². The molecule has 1 aromatic carbocycles. The Balaban J connectivity index is 2.55. The van der Waals surface area contributed by atoms with E-state index in [2.05, 4.69) is 4.98 Å². The third kappa shape index (κ3) is 1.73. The smallest absolute Gasteiger partial charge is 0.250 e. The number of aromatic nitrogens is 1. The number of primary amides is 2. The van der Waals surface area contributed by atoms with Crippen molar-refractivity contribution in [2.24, 2.45) is 11.5 Å². The Hall–Kier alpha value is -3.62. The van der Waals surface area contributed by atoms with E-state index in [-0.39, 0.29) is 22.3 Å². The number of aromatic amines is 1. The number of carbonyl (C=O) groups excluding carboxylic acids is 4. The van der Waals surface area contributed by atoms with Crippen molar-refractivity contribution in [2.45, 2.75) is 0 Å². The van der Waals surface area contributed by atoms with E-state index < -0.39 is 46.3 Å². The Kier molecular flexibility index (Phi) is 2.76. The molecule has 1 aromatic heterocycles. The molecule has 0 bridgehead atoms. The van der Waals surface area contributed by atoms with Gasteiger partial charge in [-0.05, 0) is 12.1 Å². The van der Waals surface area contributed by atoms with Crippen LogP contribution in [0.2, 0.25) is 0 Å². The first-order chi connectivity index (χ1) is 10.8. The van der Waals surface area contributed by atoms with E-state index in [4.69, 9.17) is 11.5 Å². The van der Waals surface area contributed by atoms with Crippen molar-refractivity contribution in [3.8, 4) is 22.9 Å². The third-order valence-electron chi connectivity index (χ3n) is 3.61. The number of aromatic hydroxyl groups is 2. The van der Waals surface area contributed by atoms with Crippen molar-refractivity contribution in [1.82, 2.24) is 4.98 Å². The maximum Gasteiger partial charge on any atom is 0.250 e. The molecule has 23 heavy (non-hydrogen) atoms. The van der Waals surface area contributed by atoms with Gasteiger partial charge in [-0.3, -0.25) is 24.2 Å². The number of hydrogen-bond donors (Lipinski definition) is 5. The first-order valence-electron chi connectivity index (χ1n) is 6.25. The van der Waals surface area contributed by atoms with Crippen LogP contribution < -0.4 is 11.5 Å². The number of nitrogens with two attached hydrogens (primary N) is 2. The van der Waals surface area contributed by atoms with E-state index in [0.29, 0.717) is 0 Å². The van der Waals surface area contributed by atoms with Crippen LogP contribution in [0.4, 0.5) is 0 Å².